The Kier molecular flexibility index (Phi) is 4.31. The fourth-order valence-electron chi connectivity index (χ4n) is 1.29. The molecule has 0 aromatic heterocycles. The van der Waals surface area contributed by atoms with Crippen LogP contribution in [0.15, 0.2) is 24.3 Å². The SMILES string of the molecule is CCOc1ccc(C[C@H](N)C(C)=O)cc1. The van der Waals surface area contributed by atoms with Gasteiger partial charge in [-0.2, -0.15) is 0 Å². The second-order valence-corrected chi connectivity index (χ2v) is 3.50. The molecule has 0 aliphatic carbocycles. The molecule has 1 atom stereocenters. The van der Waals surface area contributed by atoms with Gasteiger partial charge in [0, 0.05) is 0 Å². The molecule has 3 heteroatoms. The van der Waals surface area contributed by atoms with Crippen molar-refractivity contribution < 1.29 is 9.53 Å². The molecule has 82 valence electrons. The highest BCUT2D eigenvalue weighted by Crippen LogP contribution is 2.13. The van der Waals surface area contributed by atoms with E-state index in [2.05, 4.69) is 0 Å². The maximum absolute atomic E-state index is 11.0. The molecule has 0 bridgehead atoms. The number of carbonyl (C=O) groups is 1. The lowest BCUT2D eigenvalue weighted by molar-refractivity contribution is -0.118. The van der Waals surface area contributed by atoms with Crippen LogP contribution >= 0.6 is 0 Å². The van der Waals surface area contributed by atoms with Crippen LogP contribution in [0.25, 0.3) is 0 Å². The molecule has 0 amide bonds. The van der Waals surface area contributed by atoms with E-state index in [0.717, 1.165) is 11.3 Å². The van der Waals surface area contributed by atoms with Crippen molar-refractivity contribution in [3.63, 3.8) is 0 Å². The van der Waals surface area contributed by atoms with Gasteiger partial charge in [-0.05, 0) is 38.0 Å². The fourth-order valence-corrected chi connectivity index (χ4v) is 1.29. The minimum atomic E-state index is -0.400. The zero-order valence-corrected chi connectivity index (χ0v) is 9.19. The van der Waals surface area contributed by atoms with Gasteiger partial charge >= 0.3 is 0 Å². The number of carbonyl (C=O) groups excluding carboxylic acids is 1. The first kappa shape index (κ1) is 11.7. The van der Waals surface area contributed by atoms with E-state index in [4.69, 9.17) is 10.5 Å². The summed E-state index contributed by atoms with van der Waals surface area (Å²) < 4.78 is 5.32. The zero-order valence-electron chi connectivity index (χ0n) is 9.19. The van der Waals surface area contributed by atoms with E-state index < -0.39 is 6.04 Å². The normalized spacial score (nSPS) is 12.2. The Morgan fingerprint density at radius 3 is 2.47 bits per heavy atom. The molecule has 15 heavy (non-hydrogen) atoms. The molecular formula is C12H17NO2. The number of hydrogen-bond acceptors (Lipinski definition) is 3. The van der Waals surface area contributed by atoms with Crippen molar-refractivity contribution in [3.05, 3.63) is 29.8 Å². The lowest BCUT2D eigenvalue weighted by atomic mass is 10.0. The topological polar surface area (TPSA) is 52.3 Å². The second-order valence-electron chi connectivity index (χ2n) is 3.50. The van der Waals surface area contributed by atoms with Gasteiger partial charge in [0.05, 0.1) is 12.6 Å². The van der Waals surface area contributed by atoms with Crippen molar-refractivity contribution in [1.82, 2.24) is 0 Å². The molecule has 0 fully saturated rings. The summed E-state index contributed by atoms with van der Waals surface area (Å²) in [6.07, 6.45) is 0.585. The number of rotatable bonds is 5. The highest BCUT2D eigenvalue weighted by atomic mass is 16.5. The maximum atomic E-state index is 11.0. The predicted octanol–water partition coefficient (Wildman–Crippen LogP) is 1.54. The van der Waals surface area contributed by atoms with Gasteiger partial charge < -0.3 is 10.5 Å². The van der Waals surface area contributed by atoms with Gasteiger partial charge in [-0.3, -0.25) is 4.79 Å². The van der Waals surface area contributed by atoms with Crippen molar-refractivity contribution in [3.8, 4) is 5.75 Å². The van der Waals surface area contributed by atoms with E-state index >= 15 is 0 Å². The summed E-state index contributed by atoms with van der Waals surface area (Å²) in [6, 6.07) is 7.27. The Morgan fingerprint density at radius 1 is 1.40 bits per heavy atom. The van der Waals surface area contributed by atoms with Crippen molar-refractivity contribution in [2.75, 3.05) is 6.61 Å². The maximum Gasteiger partial charge on any atom is 0.146 e. The van der Waals surface area contributed by atoms with Crippen LogP contribution in [0, 0.1) is 0 Å². The largest absolute Gasteiger partial charge is 0.494 e. The Morgan fingerprint density at radius 2 is 2.00 bits per heavy atom. The highest BCUT2D eigenvalue weighted by Gasteiger charge is 2.08. The van der Waals surface area contributed by atoms with Gasteiger partial charge in [-0.25, -0.2) is 0 Å². The van der Waals surface area contributed by atoms with Crippen LogP contribution in [-0.2, 0) is 11.2 Å². The Balaban J connectivity index is 2.60. The van der Waals surface area contributed by atoms with E-state index in [1.54, 1.807) is 0 Å². The fraction of sp³-hybridized carbons (Fsp3) is 0.417. The third-order valence-electron chi connectivity index (χ3n) is 2.21. The second kappa shape index (κ2) is 5.51. The first-order valence-corrected chi connectivity index (χ1v) is 5.11. The first-order chi connectivity index (χ1) is 7.13. The van der Waals surface area contributed by atoms with Crippen LogP contribution in [0.2, 0.25) is 0 Å². The van der Waals surface area contributed by atoms with E-state index in [-0.39, 0.29) is 5.78 Å². The van der Waals surface area contributed by atoms with Crippen molar-refractivity contribution >= 4 is 5.78 Å². The lowest BCUT2D eigenvalue weighted by Crippen LogP contribution is -2.30. The van der Waals surface area contributed by atoms with Crippen molar-refractivity contribution in [2.24, 2.45) is 5.73 Å². The van der Waals surface area contributed by atoms with Gasteiger partial charge in [0.2, 0.25) is 0 Å². The summed E-state index contributed by atoms with van der Waals surface area (Å²) in [4.78, 5) is 11.0. The summed E-state index contributed by atoms with van der Waals surface area (Å²) in [6.45, 7) is 4.12. The Labute approximate surface area is 90.2 Å². The van der Waals surface area contributed by atoms with Crippen molar-refractivity contribution in [1.29, 1.82) is 0 Å². The van der Waals surface area contributed by atoms with Gasteiger partial charge in [0.25, 0.3) is 0 Å². The molecule has 1 aromatic carbocycles. The molecule has 0 aliphatic rings. The molecule has 1 aromatic rings. The summed E-state index contributed by atoms with van der Waals surface area (Å²) in [7, 11) is 0. The minimum Gasteiger partial charge on any atom is -0.494 e. The summed E-state index contributed by atoms with van der Waals surface area (Å²) in [5, 5.41) is 0. The third kappa shape index (κ3) is 3.72. The monoisotopic (exact) mass is 207 g/mol. The van der Waals surface area contributed by atoms with Crippen LogP contribution in [0.1, 0.15) is 19.4 Å². The zero-order chi connectivity index (χ0) is 11.3. The lowest BCUT2D eigenvalue weighted by Gasteiger charge is -2.08. The number of hydrogen-bond donors (Lipinski definition) is 1. The van der Waals surface area contributed by atoms with E-state index in [9.17, 15) is 4.79 Å². The smallest absolute Gasteiger partial charge is 0.146 e. The molecule has 2 N–H and O–H groups in total. The van der Waals surface area contributed by atoms with Crippen LogP contribution in [0.5, 0.6) is 5.75 Å². The van der Waals surface area contributed by atoms with E-state index in [0.29, 0.717) is 13.0 Å². The Hall–Kier alpha value is -1.35. The van der Waals surface area contributed by atoms with Gasteiger partial charge in [-0.15, -0.1) is 0 Å². The van der Waals surface area contributed by atoms with Gasteiger partial charge in [-0.1, -0.05) is 12.1 Å². The number of benzene rings is 1. The highest BCUT2D eigenvalue weighted by molar-refractivity contribution is 5.81. The first-order valence-electron chi connectivity index (χ1n) is 5.11. The number of Topliss-reactive ketones (excluding diaryl/α,β-unsaturated/α-hetero) is 1. The van der Waals surface area contributed by atoms with Gasteiger partial charge in [0.1, 0.15) is 11.5 Å². The van der Waals surface area contributed by atoms with E-state index in [1.165, 1.54) is 6.92 Å². The van der Waals surface area contributed by atoms with E-state index in [1.807, 2.05) is 31.2 Å². The van der Waals surface area contributed by atoms with Gasteiger partial charge in [0.15, 0.2) is 0 Å². The molecule has 0 aliphatic heterocycles. The minimum absolute atomic E-state index is 0.0175. The molecule has 0 saturated carbocycles. The molecular weight excluding hydrogens is 190 g/mol. The van der Waals surface area contributed by atoms with Crippen LogP contribution in [0.4, 0.5) is 0 Å². The van der Waals surface area contributed by atoms with Crippen molar-refractivity contribution in [2.45, 2.75) is 26.3 Å². The summed E-state index contributed by atoms with van der Waals surface area (Å²) >= 11 is 0. The average molecular weight is 207 g/mol. The number of ether oxygens (including phenoxy) is 1. The molecule has 0 spiro atoms. The molecule has 0 saturated heterocycles. The molecule has 0 heterocycles. The quantitative estimate of drug-likeness (QED) is 0.796. The average Bonchev–Trinajstić information content (AvgIpc) is 2.21. The third-order valence-corrected chi connectivity index (χ3v) is 2.21. The molecule has 0 radical (unpaired) electrons. The summed E-state index contributed by atoms with van der Waals surface area (Å²) in [5.41, 5.74) is 6.72. The molecule has 1 rings (SSSR count). The molecule has 3 nitrogen and oxygen atoms in total. The number of nitrogens with two attached hydrogens (primary N) is 1. The standard InChI is InChI=1S/C12H17NO2/c1-3-15-11-6-4-10(5-7-11)8-12(13)9(2)14/h4-7,12H,3,8,13H2,1-2H3/t12-/m0/s1. The predicted molar refractivity (Wildman–Crippen MR) is 60.0 cm³/mol. The van der Waals surface area contributed by atoms with Crippen LogP contribution in [-0.4, -0.2) is 18.4 Å². The number of ketones is 1. The molecule has 0 unspecified atom stereocenters. The van der Waals surface area contributed by atoms with Crippen LogP contribution < -0.4 is 10.5 Å². The Bertz CT molecular complexity index is 319. The summed E-state index contributed by atoms with van der Waals surface area (Å²) in [5.74, 6) is 0.863. The van der Waals surface area contributed by atoms with Crippen LogP contribution in [0.3, 0.4) is 0 Å².